The molecule has 0 radical (unpaired) electrons. The summed E-state index contributed by atoms with van der Waals surface area (Å²) >= 11 is 0. The Kier molecular flexibility index (Phi) is 4.66. The molecule has 0 unspecified atom stereocenters. The monoisotopic (exact) mass is 469 g/mol. The summed E-state index contributed by atoms with van der Waals surface area (Å²) in [6.45, 7) is 4.91. The number of imidazole rings is 1. The summed E-state index contributed by atoms with van der Waals surface area (Å²) in [5.74, 6) is 1.08. The van der Waals surface area contributed by atoms with Crippen LogP contribution in [0.5, 0.6) is 0 Å². The maximum atomic E-state index is 5.32. The Balaban J connectivity index is 1.39. The summed E-state index contributed by atoms with van der Waals surface area (Å²) in [5.41, 5.74) is 8.45. The molecule has 1 aliphatic carbocycles. The molecule has 178 valence electrons. The fourth-order valence-electron chi connectivity index (χ4n) is 6.75. The van der Waals surface area contributed by atoms with Gasteiger partial charge in [-0.2, -0.15) is 0 Å². The van der Waals surface area contributed by atoms with Gasteiger partial charge >= 0.3 is 0 Å². The Labute approximate surface area is 213 Å². The van der Waals surface area contributed by atoms with Crippen molar-refractivity contribution in [1.82, 2.24) is 9.55 Å². The average Bonchev–Trinajstić information content (AvgIpc) is 3.39. The smallest absolute Gasteiger partial charge is 0.212 e. The van der Waals surface area contributed by atoms with E-state index in [0.29, 0.717) is 0 Å². The van der Waals surface area contributed by atoms with Crippen LogP contribution in [0.3, 0.4) is 0 Å². The Morgan fingerprint density at radius 2 is 1.17 bits per heavy atom. The van der Waals surface area contributed by atoms with Gasteiger partial charge in [0.1, 0.15) is 0 Å². The van der Waals surface area contributed by atoms with Crippen LogP contribution in [-0.4, -0.2) is 15.1 Å². The van der Waals surface area contributed by atoms with Gasteiger partial charge in [0.2, 0.25) is 5.95 Å². The normalized spacial score (nSPS) is 23.0. The molecule has 2 heterocycles. The second-order valence-electron chi connectivity index (χ2n) is 10.8. The summed E-state index contributed by atoms with van der Waals surface area (Å²) in [6, 6.07) is 37.1. The van der Waals surface area contributed by atoms with Gasteiger partial charge in [-0.15, -0.1) is 0 Å². The van der Waals surface area contributed by atoms with E-state index in [4.69, 9.17) is 4.98 Å². The highest BCUT2D eigenvalue weighted by atomic mass is 15.5. The predicted molar refractivity (Wildman–Crippen MR) is 150 cm³/mol. The number of fused-ring (bicyclic) bond motifs is 5. The molecule has 0 saturated heterocycles. The fourth-order valence-corrected chi connectivity index (χ4v) is 6.75. The maximum Gasteiger partial charge on any atom is 0.212 e. The lowest BCUT2D eigenvalue weighted by Gasteiger charge is -2.49. The summed E-state index contributed by atoms with van der Waals surface area (Å²) in [7, 11) is 0. The zero-order chi connectivity index (χ0) is 24.3. The summed E-state index contributed by atoms with van der Waals surface area (Å²) in [5, 5.41) is 0. The molecule has 2 aliphatic rings. The molecule has 0 amide bonds. The SMILES string of the molecule is C[C@]12CCCC[C@]1(C)n1c(nc3cc(-c4ccccc4)ccc31)N2c1ccc(-c2ccccc2)cc1. The Bertz CT molecular complexity index is 1550. The third-order valence-electron chi connectivity index (χ3n) is 8.90. The summed E-state index contributed by atoms with van der Waals surface area (Å²) in [4.78, 5) is 7.87. The fraction of sp³-hybridized carbons (Fsp3) is 0.242. The minimum atomic E-state index is -0.0197. The van der Waals surface area contributed by atoms with Crippen molar-refractivity contribution < 1.29 is 0 Å². The molecule has 1 fully saturated rings. The lowest BCUT2D eigenvalue weighted by molar-refractivity contribution is 0.138. The lowest BCUT2D eigenvalue weighted by atomic mass is 9.68. The van der Waals surface area contributed by atoms with Crippen molar-refractivity contribution >= 4 is 22.7 Å². The van der Waals surface area contributed by atoms with E-state index in [2.05, 4.69) is 126 Å². The van der Waals surface area contributed by atoms with E-state index in [9.17, 15) is 0 Å². The Morgan fingerprint density at radius 1 is 0.611 bits per heavy atom. The van der Waals surface area contributed by atoms with Crippen molar-refractivity contribution in [1.29, 1.82) is 0 Å². The van der Waals surface area contributed by atoms with Crippen LogP contribution in [0.2, 0.25) is 0 Å². The number of anilines is 2. The van der Waals surface area contributed by atoms with Crippen molar-refractivity contribution in [2.45, 2.75) is 50.6 Å². The number of hydrogen-bond donors (Lipinski definition) is 0. The summed E-state index contributed by atoms with van der Waals surface area (Å²) < 4.78 is 2.56. The molecule has 2 atom stereocenters. The molecule has 1 aliphatic heterocycles. The second-order valence-corrected chi connectivity index (χ2v) is 10.8. The van der Waals surface area contributed by atoms with Crippen LogP contribution < -0.4 is 4.90 Å². The Hall–Kier alpha value is -3.85. The highest BCUT2D eigenvalue weighted by Crippen LogP contribution is 2.58. The van der Waals surface area contributed by atoms with E-state index >= 15 is 0 Å². The minimum absolute atomic E-state index is 0.0122. The van der Waals surface area contributed by atoms with Crippen LogP contribution in [0.25, 0.3) is 33.3 Å². The molecular weight excluding hydrogens is 438 g/mol. The Morgan fingerprint density at radius 3 is 1.83 bits per heavy atom. The van der Waals surface area contributed by atoms with Crippen LogP contribution >= 0.6 is 0 Å². The van der Waals surface area contributed by atoms with Crippen LogP contribution in [0.4, 0.5) is 11.6 Å². The van der Waals surface area contributed by atoms with Gasteiger partial charge in [-0.25, -0.2) is 4.98 Å². The van der Waals surface area contributed by atoms with E-state index in [1.54, 1.807) is 0 Å². The van der Waals surface area contributed by atoms with Gasteiger partial charge in [0, 0.05) is 5.69 Å². The first kappa shape index (κ1) is 21.4. The standard InChI is InChI=1S/C33H31N3/c1-32-21-9-10-22-33(32,2)36-30-20-17-27(25-13-7-4-8-14-25)23-29(30)34-31(36)35(32)28-18-15-26(16-19-28)24-11-5-3-6-12-24/h3-8,11-20,23H,9-10,21-22H2,1-2H3/t32-,33-/m0/s1. The number of rotatable bonds is 3. The predicted octanol–water partition coefficient (Wildman–Crippen LogP) is 8.57. The van der Waals surface area contributed by atoms with Crippen molar-refractivity contribution in [2.75, 3.05) is 4.90 Å². The van der Waals surface area contributed by atoms with Crippen LogP contribution in [0.1, 0.15) is 39.5 Å². The van der Waals surface area contributed by atoms with Gasteiger partial charge in [-0.3, -0.25) is 0 Å². The molecule has 5 aromatic rings. The lowest BCUT2D eigenvalue weighted by Crippen LogP contribution is -2.56. The van der Waals surface area contributed by atoms with Gasteiger partial charge < -0.3 is 9.47 Å². The first-order valence-corrected chi connectivity index (χ1v) is 13.1. The van der Waals surface area contributed by atoms with E-state index in [1.165, 1.54) is 52.7 Å². The van der Waals surface area contributed by atoms with Crippen LogP contribution in [0.15, 0.2) is 103 Å². The third-order valence-corrected chi connectivity index (χ3v) is 8.90. The molecule has 4 aromatic carbocycles. The van der Waals surface area contributed by atoms with Crippen LogP contribution in [0, 0.1) is 0 Å². The van der Waals surface area contributed by atoms with Gasteiger partial charge in [-0.1, -0.05) is 91.7 Å². The first-order chi connectivity index (χ1) is 17.6. The molecule has 0 N–H and O–H groups in total. The van der Waals surface area contributed by atoms with Crippen LogP contribution in [-0.2, 0) is 5.54 Å². The molecule has 0 spiro atoms. The quantitative estimate of drug-likeness (QED) is 0.264. The molecule has 1 aromatic heterocycles. The average molecular weight is 470 g/mol. The molecule has 7 rings (SSSR count). The molecular formula is C33H31N3. The van der Waals surface area contributed by atoms with Gasteiger partial charge in [0.25, 0.3) is 0 Å². The highest BCUT2D eigenvalue weighted by Gasteiger charge is 2.59. The van der Waals surface area contributed by atoms with Crippen molar-refractivity contribution in [3.8, 4) is 22.3 Å². The number of benzene rings is 4. The van der Waals surface area contributed by atoms with E-state index in [0.717, 1.165) is 17.9 Å². The minimum Gasteiger partial charge on any atom is -0.304 e. The number of aromatic nitrogens is 2. The van der Waals surface area contributed by atoms with Gasteiger partial charge in [-0.05, 0) is 73.2 Å². The second kappa shape index (κ2) is 7.83. The molecule has 1 saturated carbocycles. The highest BCUT2D eigenvalue weighted by molar-refractivity contribution is 5.87. The number of nitrogens with zero attached hydrogens (tertiary/aromatic N) is 3. The zero-order valence-electron chi connectivity index (χ0n) is 21.0. The molecule has 36 heavy (non-hydrogen) atoms. The van der Waals surface area contributed by atoms with Gasteiger partial charge in [0.15, 0.2) is 0 Å². The van der Waals surface area contributed by atoms with E-state index in [1.807, 2.05) is 0 Å². The topological polar surface area (TPSA) is 21.1 Å². The van der Waals surface area contributed by atoms with E-state index < -0.39 is 0 Å². The zero-order valence-corrected chi connectivity index (χ0v) is 21.0. The summed E-state index contributed by atoms with van der Waals surface area (Å²) in [6.07, 6.45) is 4.84. The maximum absolute atomic E-state index is 5.32. The van der Waals surface area contributed by atoms with Crippen molar-refractivity contribution in [2.24, 2.45) is 0 Å². The largest absolute Gasteiger partial charge is 0.304 e. The van der Waals surface area contributed by atoms with Gasteiger partial charge in [0.05, 0.1) is 22.1 Å². The van der Waals surface area contributed by atoms with Crippen molar-refractivity contribution in [3.63, 3.8) is 0 Å². The molecule has 0 bridgehead atoms. The number of hydrogen-bond acceptors (Lipinski definition) is 2. The molecule has 3 heteroatoms. The van der Waals surface area contributed by atoms with Crippen molar-refractivity contribution in [3.05, 3.63) is 103 Å². The first-order valence-electron chi connectivity index (χ1n) is 13.1. The molecule has 3 nitrogen and oxygen atoms in total. The van der Waals surface area contributed by atoms with E-state index in [-0.39, 0.29) is 11.1 Å². The third kappa shape index (κ3) is 2.95.